The third-order valence-corrected chi connectivity index (χ3v) is 2.13. The van der Waals surface area contributed by atoms with Gasteiger partial charge in [0, 0.05) is 12.1 Å². The highest BCUT2D eigenvalue weighted by molar-refractivity contribution is 5.33. The van der Waals surface area contributed by atoms with Crippen molar-refractivity contribution in [3.05, 3.63) is 29.6 Å². The van der Waals surface area contributed by atoms with E-state index < -0.39 is 0 Å². The van der Waals surface area contributed by atoms with Crippen molar-refractivity contribution in [3.63, 3.8) is 0 Å². The molecule has 0 aliphatic carbocycles. The molecule has 1 rings (SSSR count). The molecule has 4 nitrogen and oxygen atoms in total. The van der Waals surface area contributed by atoms with Crippen molar-refractivity contribution in [1.29, 1.82) is 0 Å². The van der Waals surface area contributed by atoms with E-state index >= 15 is 0 Å². The van der Waals surface area contributed by atoms with Crippen LogP contribution in [0.2, 0.25) is 0 Å². The summed E-state index contributed by atoms with van der Waals surface area (Å²) in [5.41, 5.74) is 5.95. The molecule has 0 radical (unpaired) electrons. The predicted molar refractivity (Wildman–Crippen MR) is 62.5 cm³/mol. The zero-order valence-electron chi connectivity index (χ0n) is 9.95. The number of rotatable bonds is 8. The zero-order chi connectivity index (χ0) is 12.5. The number of nitrogens with two attached hydrogens (primary N) is 1. The van der Waals surface area contributed by atoms with E-state index in [1.807, 2.05) is 0 Å². The number of ether oxygens (including phenoxy) is 3. The molecule has 0 aliphatic heterocycles. The number of methoxy groups -OCH3 is 1. The largest absolute Gasteiger partial charge is 0.496 e. The van der Waals surface area contributed by atoms with Crippen molar-refractivity contribution in [3.8, 4) is 5.75 Å². The normalized spacial score (nSPS) is 10.5. The van der Waals surface area contributed by atoms with Crippen LogP contribution in [0.25, 0.3) is 0 Å². The second-order valence-corrected chi connectivity index (χ2v) is 3.41. The first-order chi connectivity index (χ1) is 8.27. The van der Waals surface area contributed by atoms with Crippen molar-refractivity contribution < 1.29 is 18.6 Å². The molecule has 0 atom stereocenters. The molecule has 1 aromatic carbocycles. The van der Waals surface area contributed by atoms with Crippen molar-refractivity contribution in [2.75, 3.05) is 33.5 Å². The minimum Gasteiger partial charge on any atom is -0.496 e. The van der Waals surface area contributed by atoms with E-state index in [9.17, 15) is 4.39 Å². The molecule has 5 heteroatoms. The average Bonchev–Trinajstić information content (AvgIpc) is 2.34. The topological polar surface area (TPSA) is 53.7 Å². The van der Waals surface area contributed by atoms with Crippen LogP contribution < -0.4 is 10.5 Å². The Morgan fingerprint density at radius 1 is 1.18 bits per heavy atom. The van der Waals surface area contributed by atoms with Crippen LogP contribution in [0.1, 0.15) is 5.56 Å². The predicted octanol–water partition coefficient (Wildman–Crippen LogP) is 1.33. The zero-order valence-corrected chi connectivity index (χ0v) is 9.95. The van der Waals surface area contributed by atoms with Crippen LogP contribution in [0.5, 0.6) is 5.75 Å². The first-order valence-corrected chi connectivity index (χ1v) is 5.46. The van der Waals surface area contributed by atoms with Crippen LogP contribution in [-0.2, 0) is 16.1 Å². The molecule has 0 saturated carbocycles. The summed E-state index contributed by atoms with van der Waals surface area (Å²) >= 11 is 0. The van der Waals surface area contributed by atoms with E-state index in [-0.39, 0.29) is 5.82 Å². The maximum absolute atomic E-state index is 13.0. The van der Waals surface area contributed by atoms with Crippen LogP contribution in [0.4, 0.5) is 4.39 Å². The Balaban J connectivity index is 2.32. The van der Waals surface area contributed by atoms with E-state index in [1.165, 1.54) is 12.1 Å². The molecule has 96 valence electrons. The van der Waals surface area contributed by atoms with Gasteiger partial charge in [0.1, 0.15) is 11.6 Å². The van der Waals surface area contributed by atoms with Gasteiger partial charge in [0.05, 0.1) is 33.5 Å². The second-order valence-electron chi connectivity index (χ2n) is 3.41. The lowest BCUT2D eigenvalue weighted by atomic mass is 10.2. The molecule has 17 heavy (non-hydrogen) atoms. The highest BCUT2D eigenvalue weighted by atomic mass is 19.1. The van der Waals surface area contributed by atoms with Crippen LogP contribution in [0.15, 0.2) is 18.2 Å². The first-order valence-electron chi connectivity index (χ1n) is 5.46. The van der Waals surface area contributed by atoms with E-state index in [2.05, 4.69) is 0 Å². The van der Waals surface area contributed by atoms with Crippen LogP contribution in [0.3, 0.4) is 0 Å². The third-order valence-electron chi connectivity index (χ3n) is 2.13. The Morgan fingerprint density at radius 3 is 2.65 bits per heavy atom. The van der Waals surface area contributed by atoms with Crippen LogP contribution >= 0.6 is 0 Å². The fourth-order valence-electron chi connectivity index (χ4n) is 1.35. The fourth-order valence-corrected chi connectivity index (χ4v) is 1.35. The summed E-state index contributed by atoms with van der Waals surface area (Å²) in [6.07, 6.45) is 0. The minimum absolute atomic E-state index is 0.299. The molecule has 0 fully saturated rings. The van der Waals surface area contributed by atoms with Crippen molar-refractivity contribution in [1.82, 2.24) is 0 Å². The summed E-state index contributed by atoms with van der Waals surface area (Å²) in [5.74, 6) is 0.318. The smallest absolute Gasteiger partial charge is 0.124 e. The molecule has 0 heterocycles. The monoisotopic (exact) mass is 243 g/mol. The second kappa shape index (κ2) is 8.00. The summed E-state index contributed by atoms with van der Waals surface area (Å²) in [5, 5.41) is 0. The molecule has 1 aromatic rings. The molecule has 0 unspecified atom stereocenters. The summed E-state index contributed by atoms with van der Waals surface area (Å²) in [4.78, 5) is 0. The molecular formula is C12H18FNO3. The maximum Gasteiger partial charge on any atom is 0.124 e. The summed E-state index contributed by atoms with van der Waals surface area (Å²) in [7, 11) is 1.54. The van der Waals surface area contributed by atoms with Gasteiger partial charge in [-0.05, 0) is 18.2 Å². The number of hydrogen-bond acceptors (Lipinski definition) is 4. The van der Waals surface area contributed by atoms with Gasteiger partial charge >= 0.3 is 0 Å². The molecule has 0 aromatic heterocycles. The van der Waals surface area contributed by atoms with E-state index in [4.69, 9.17) is 19.9 Å². The number of halogens is 1. The van der Waals surface area contributed by atoms with Gasteiger partial charge in [-0.25, -0.2) is 4.39 Å². The lowest BCUT2D eigenvalue weighted by Crippen LogP contribution is -2.12. The molecule has 2 N–H and O–H groups in total. The lowest BCUT2D eigenvalue weighted by Gasteiger charge is -2.09. The van der Waals surface area contributed by atoms with Gasteiger partial charge in [0.15, 0.2) is 0 Å². The maximum atomic E-state index is 13.0. The SMILES string of the molecule is COc1ccc(F)cc1COCCOCCN. The summed E-state index contributed by atoms with van der Waals surface area (Å²) < 4.78 is 28.6. The molecule has 0 aliphatic rings. The fraction of sp³-hybridized carbons (Fsp3) is 0.500. The van der Waals surface area contributed by atoms with E-state index in [1.54, 1.807) is 13.2 Å². The Morgan fingerprint density at radius 2 is 1.94 bits per heavy atom. The van der Waals surface area contributed by atoms with Gasteiger partial charge in [0.2, 0.25) is 0 Å². The Labute approximate surface area is 100 Å². The van der Waals surface area contributed by atoms with Gasteiger partial charge in [0.25, 0.3) is 0 Å². The quantitative estimate of drug-likeness (QED) is 0.700. The average molecular weight is 243 g/mol. The van der Waals surface area contributed by atoms with Gasteiger partial charge in [-0.1, -0.05) is 0 Å². The van der Waals surface area contributed by atoms with Gasteiger partial charge < -0.3 is 19.9 Å². The van der Waals surface area contributed by atoms with Crippen molar-refractivity contribution >= 4 is 0 Å². The molecule has 0 amide bonds. The van der Waals surface area contributed by atoms with Crippen molar-refractivity contribution in [2.24, 2.45) is 5.73 Å². The third kappa shape index (κ3) is 5.12. The Hall–Kier alpha value is -1.17. The first kappa shape index (κ1) is 13.9. The standard InChI is InChI=1S/C12H18FNO3/c1-15-12-3-2-11(13)8-10(12)9-17-7-6-16-5-4-14/h2-3,8H,4-7,9,14H2,1H3. The molecule has 0 bridgehead atoms. The van der Waals surface area contributed by atoms with E-state index in [0.717, 1.165) is 0 Å². The van der Waals surface area contributed by atoms with E-state index in [0.29, 0.717) is 44.3 Å². The Kier molecular flexibility index (Phi) is 6.54. The highest BCUT2D eigenvalue weighted by Crippen LogP contribution is 2.19. The van der Waals surface area contributed by atoms with Crippen LogP contribution in [-0.4, -0.2) is 33.5 Å². The Bertz CT molecular complexity index is 334. The highest BCUT2D eigenvalue weighted by Gasteiger charge is 2.04. The summed E-state index contributed by atoms with van der Waals surface area (Å²) in [6.45, 7) is 2.24. The molecule has 0 saturated heterocycles. The molecule has 0 spiro atoms. The van der Waals surface area contributed by atoms with Gasteiger partial charge in [-0.2, -0.15) is 0 Å². The van der Waals surface area contributed by atoms with Crippen LogP contribution in [0, 0.1) is 5.82 Å². The van der Waals surface area contributed by atoms with Gasteiger partial charge in [-0.3, -0.25) is 0 Å². The minimum atomic E-state index is -0.302. The van der Waals surface area contributed by atoms with Gasteiger partial charge in [-0.15, -0.1) is 0 Å². The lowest BCUT2D eigenvalue weighted by molar-refractivity contribution is 0.0426. The summed E-state index contributed by atoms with van der Waals surface area (Å²) in [6, 6.07) is 4.34. The number of benzene rings is 1. The number of hydrogen-bond donors (Lipinski definition) is 1. The molecular weight excluding hydrogens is 225 g/mol. The van der Waals surface area contributed by atoms with Crippen molar-refractivity contribution in [2.45, 2.75) is 6.61 Å².